The molecule has 1 aromatic carbocycles. The third kappa shape index (κ3) is 4.53. The summed E-state index contributed by atoms with van der Waals surface area (Å²) in [5.41, 5.74) is 1.27. The van der Waals surface area contributed by atoms with Crippen LogP contribution in [-0.2, 0) is 19.1 Å². The van der Waals surface area contributed by atoms with E-state index in [1.807, 2.05) is 57.2 Å². The van der Waals surface area contributed by atoms with Crippen LogP contribution < -0.4 is 4.74 Å². The van der Waals surface area contributed by atoms with Crippen LogP contribution in [0.5, 0.6) is 5.75 Å². The first-order chi connectivity index (χ1) is 17.5. The lowest BCUT2D eigenvalue weighted by atomic mass is 9.47. The molecule has 2 saturated carbocycles. The maximum atomic E-state index is 13.2. The molecule has 37 heavy (non-hydrogen) atoms. The number of methoxy groups -OCH3 is 1. The van der Waals surface area contributed by atoms with Crippen molar-refractivity contribution in [2.45, 2.75) is 84.8 Å². The summed E-state index contributed by atoms with van der Waals surface area (Å²) in [6.45, 7) is 10.6. The molecule has 4 aliphatic carbocycles. The van der Waals surface area contributed by atoms with Crippen LogP contribution in [0.3, 0.4) is 0 Å². The van der Waals surface area contributed by atoms with Gasteiger partial charge in [0.15, 0.2) is 0 Å². The lowest BCUT2D eigenvalue weighted by Crippen LogP contribution is -2.52. The summed E-state index contributed by atoms with van der Waals surface area (Å²) < 4.78 is 17.5. The van der Waals surface area contributed by atoms with Crippen LogP contribution in [0, 0.1) is 34.5 Å². The van der Waals surface area contributed by atoms with Gasteiger partial charge in [0.2, 0.25) is 0 Å². The standard InChI is InChI=1S/C32H42O5/c1-30(2,3)37-29(34)26-15-14-24-22-13-12-20-18-23(28(33)35-6)27(36-21-10-8-7-9-11-21)19-32(20,5)25(22)16-17-31(24,26)4/h7-12,18,22,24-27H,13-17,19H2,1-6H3/t22-,24-,25-,26+,27+,31-,32-/m0/s1. The Morgan fingerprint density at radius 2 is 1.73 bits per heavy atom. The van der Waals surface area contributed by atoms with E-state index in [1.165, 1.54) is 12.7 Å². The summed E-state index contributed by atoms with van der Waals surface area (Å²) in [6.07, 6.45) is 9.88. The normalized spacial score (nSPS) is 36.8. The highest BCUT2D eigenvalue weighted by molar-refractivity contribution is 5.90. The molecule has 200 valence electrons. The van der Waals surface area contributed by atoms with Crippen LogP contribution in [0.4, 0.5) is 0 Å². The number of para-hydroxylation sites is 1. The van der Waals surface area contributed by atoms with E-state index in [-0.39, 0.29) is 34.8 Å². The van der Waals surface area contributed by atoms with Crippen LogP contribution >= 0.6 is 0 Å². The third-order valence-corrected chi connectivity index (χ3v) is 9.93. The summed E-state index contributed by atoms with van der Waals surface area (Å²) in [5, 5.41) is 0. The molecule has 5 nitrogen and oxygen atoms in total. The number of hydrogen-bond acceptors (Lipinski definition) is 5. The lowest BCUT2D eigenvalue weighted by Gasteiger charge is -2.57. The first-order valence-corrected chi connectivity index (χ1v) is 13.9. The molecule has 0 unspecified atom stereocenters. The minimum Gasteiger partial charge on any atom is -0.485 e. The van der Waals surface area contributed by atoms with Crippen molar-refractivity contribution < 1.29 is 23.8 Å². The Labute approximate surface area is 221 Å². The van der Waals surface area contributed by atoms with Crippen molar-refractivity contribution >= 4 is 11.9 Å². The Kier molecular flexibility index (Phi) is 6.57. The van der Waals surface area contributed by atoms with Gasteiger partial charge in [-0.3, -0.25) is 4.79 Å². The van der Waals surface area contributed by atoms with Crippen LogP contribution in [-0.4, -0.2) is 30.8 Å². The molecule has 0 amide bonds. The van der Waals surface area contributed by atoms with Crippen molar-refractivity contribution in [2.24, 2.45) is 34.5 Å². The number of carbonyl (C=O) groups is 2. The van der Waals surface area contributed by atoms with Crippen molar-refractivity contribution in [3.05, 3.63) is 53.6 Å². The number of hydrogen-bond donors (Lipinski definition) is 0. The van der Waals surface area contributed by atoms with Crippen molar-refractivity contribution in [1.29, 1.82) is 0 Å². The second-order valence-electron chi connectivity index (χ2n) is 13.1. The van der Waals surface area contributed by atoms with E-state index < -0.39 is 5.60 Å². The fourth-order valence-electron chi connectivity index (χ4n) is 8.20. The maximum Gasteiger partial charge on any atom is 0.337 e. The molecule has 0 bridgehead atoms. The van der Waals surface area contributed by atoms with Gasteiger partial charge in [0.05, 0.1) is 18.6 Å². The van der Waals surface area contributed by atoms with Crippen LogP contribution in [0.15, 0.2) is 53.6 Å². The highest BCUT2D eigenvalue weighted by Crippen LogP contribution is 2.66. The van der Waals surface area contributed by atoms with Gasteiger partial charge in [-0.25, -0.2) is 4.79 Å². The molecule has 0 spiro atoms. The average Bonchev–Trinajstić information content (AvgIpc) is 3.20. The smallest absolute Gasteiger partial charge is 0.337 e. The highest BCUT2D eigenvalue weighted by atomic mass is 16.6. The second-order valence-corrected chi connectivity index (χ2v) is 13.1. The number of fused-ring (bicyclic) bond motifs is 5. The number of benzene rings is 1. The molecule has 0 saturated heterocycles. The van der Waals surface area contributed by atoms with Gasteiger partial charge in [0.25, 0.3) is 0 Å². The molecule has 0 radical (unpaired) electrons. The molecule has 2 fully saturated rings. The quantitative estimate of drug-likeness (QED) is 0.427. The monoisotopic (exact) mass is 506 g/mol. The molecule has 1 aromatic rings. The Hall–Kier alpha value is -2.56. The minimum absolute atomic E-state index is 0.0196. The molecule has 5 rings (SSSR count). The van der Waals surface area contributed by atoms with Crippen LogP contribution in [0.1, 0.15) is 73.1 Å². The predicted octanol–water partition coefficient (Wildman–Crippen LogP) is 6.67. The first kappa shape index (κ1) is 26.1. The van der Waals surface area contributed by atoms with Gasteiger partial charge >= 0.3 is 11.9 Å². The number of rotatable bonds is 4. The Morgan fingerprint density at radius 3 is 2.41 bits per heavy atom. The number of carbonyl (C=O) groups excluding carboxylic acids is 2. The fraction of sp³-hybridized carbons (Fsp3) is 0.625. The number of esters is 2. The van der Waals surface area contributed by atoms with Crippen LogP contribution in [0.2, 0.25) is 0 Å². The van der Waals surface area contributed by atoms with Gasteiger partial charge in [-0.05, 0) is 112 Å². The zero-order chi connectivity index (χ0) is 26.6. The Bertz CT molecular complexity index is 1110. The summed E-state index contributed by atoms with van der Waals surface area (Å²) in [5.74, 6) is 1.90. The van der Waals surface area contributed by atoms with Gasteiger partial charge in [-0.1, -0.05) is 38.1 Å². The van der Waals surface area contributed by atoms with E-state index in [0.29, 0.717) is 23.3 Å². The summed E-state index contributed by atoms with van der Waals surface area (Å²) >= 11 is 0. The van der Waals surface area contributed by atoms with E-state index in [9.17, 15) is 9.59 Å². The van der Waals surface area contributed by atoms with E-state index in [0.717, 1.165) is 44.3 Å². The summed E-state index contributed by atoms with van der Waals surface area (Å²) in [7, 11) is 1.44. The molecule has 5 heteroatoms. The lowest BCUT2D eigenvalue weighted by molar-refractivity contribution is -0.166. The maximum absolute atomic E-state index is 13.2. The molecule has 0 aromatic heterocycles. The number of allylic oxidation sites excluding steroid dienone is 3. The molecule has 0 N–H and O–H groups in total. The molecule has 7 atom stereocenters. The van der Waals surface area contributed by atoms with Gasteiger partial charge in [-0.2, -0.15) is 0 Å². The van der Waals surface area contributed by atoms with E-state index in [1.54, 1.807) is 0 Å². The van der Waals surface area contributed by atoms with Crippen molar-refractivity contribution in [2.75, 3.05) is 7.11 Å². The molecular formula is C32H42O5. The topological polar surface area (TPSA) is 61.8 Å². The first-order valence-electron chi connectivity index (χ1n) is 13.9. The van der Waals surface area contributed by atoms with Gasteiger partial charge in [0, 0.05) is 0 Å². The van der Waals surface area contributed by atoms with Crippen molar-refractivity contribution in [1.82, 2.24) is 0 Å². The van der Waals surface area contributed by atoms with Crippen LogP contribution in [0.25, 0.3) is 0 Å². The molecule has 0 aliphatic heterocycles. The zero-order valence-corrected chi connectivity index (χ0v) is 23.2. The average molecular weight is 507 g/mol. The van der Waals surface area contributed by atoms with Crippen molar-refractivity contribution in [3.8, 4) is 5.75 Å². The minimum atomic E-state index is -0.460. The Balaban J connectivity index is 1.44. The van der Waals surface area contributed by atoms with Gasteiger partial charge < -0.3 is 14.2 Å². The van der Waals surface area contributed by atoms with E-state index >= 15 is 0 Å². The zero-order valence-electron chi connectivity index (χ0n) is 23.2. The fourth-order valence-corrected chi connectivity index (χ4v) is 8.20. The largest absolute Gasteiger partial charge is 0.485 e. The summed E-state index contributed by atoms with van der Waals surface area (Å²) in [4.78, 5) is 26.0. The molecule has 4 aliphatic rings. The Morgan fingerprint density at radius 1 is 1.00 bits per heavy atom. The molecule has 0 heterocycles. The van der Waals surface area contributed by atoms with Gasteiger partial charge in [0.1, 0.15) is 17.5 Å². The van der Waals surface area contributed by atoms with Gasteiger partial charge in [-0.15, -0.1) is 0 Å². The highest BCUT2D eigenvalue weighted by Gasteiger charge is 2.61. The summed E-state index contributed by atoms with van der Waals surface area (Å²) in [6, 6.07) is 9.74. The third-order valence-electron chi connectivity index (χ3n) is 9.93. The predicted molar refractivity (Wildman–Crippen MR) is 143 cm³/mol. The van der Waals surface area contributed by atoms with E-state index in [4.69, 9.17) is 14.2 Å². The SMILES string of the molecule is COC(=O)C1=CC2=CC[C@H]3[C@@H]4CC[C@H](C(=O)OC(C)(C)C)[C@@]4(C)CC[C@@H]3[C@@]2(C)C[C@H]1Oc1ccccc1. The number of ether oxygens (including phenoxy) is 3. The second kappa shape index (κ2) is 9.32. The van der Waals surface area contributed by atoms with Crippen molar-refractivity contribution in [3.63, 3.8) is 0 Å². The molecular weight excluding hydrogens is 464 g/mol. The van der Waals surface area contributed by atoms with E-state index in [2.05, 4.69) is 19.9 Å².